The van der Waals surface area contributed by atoms with E-state index in [-0.39, 0.29) is 11.8 Å². The predicted molar refractivity (Wildman–Crippen MR) is 137 cm³/mol. The van der Waals surface area contributed by atoms with E-state index in [4.69, 9.17) is 0 Å². The first-order valence-electron chi connectivity index (χ1n) is 11.2. The average molecular weight is 489 g/mol. The fraction of sp³-hybridized carbons (Fsp3) is 0.231. The largest absolute Gasteiger partial charge is 0.348 e. The van der Waals surface area contributed by atoms with Gasteiger partial charge in [-0.3, -0.25) is 9.59 Å². The molecule has 5 rings (SSSR count). The standard InChI is InChI=1S/C26H24N4O2S2/c1-16-17(2)33-25-23(16)26(29-15-28-25)34-21-7-4-3-6-20(21)24(32)27-14-18-9-11-19(12-10-18)30-13-5-8-22(30)31/h3-4,6-7,9-12,15H,5,8,13-14H2,1-2H3,(H,27,32). The Morgan fingerprint density at radius 3 is 2.68 bits per heavy atom. The molecule has 1 N–H and O–H groups in total. The van der Waals surface area contributed by atoms with Crippen molar-refractivity contribution in [3.05, 3.63) is 76.4 Å². The highest BCUT2D eigenvalue weighted by molar-refractivity contribution is 7.99. The summed E-state index contributed by atoms with van der Waals surface area (Å²) in [6.07, 6.45) is 3.10. The number of anilines is 1. The molecule has 3 heterocycles. The summed E-state index contributed by atoms with van der Waals surface area (Å²) in [6.45, 7) is 5.36. The minimum absolute atomic E-state index is 0.134. The van der Waals surface area contributed by atoms with Gasteiger partial charge in [0.15, 0.2) is 0 Å². The number of fused-ring (bicyclic) bond motifs is 1. The van der Waals surface area contributed by atoms with Gasteiger partial charge in [0.2, 0.25) is 5.91 Å². The summed E-state index contributed by atoms with van der Waals surface area (Å²) in [4.78, 5) is 38.8. The molecule has 1 aliphatic rings. The smallest absolute Gasteiger partial charge is 0.252 e. The number of hydrogen-bond acceptors (Lipinski definition) is 6. The van der Waals surface area contributed by atoms with Crippen LogP contribution in [0.3, 0.4) is 0 Å². The molecule has 0 saturated carbocycles. The molecule has 2 aromatic heterocycles. The molecule has 1 saturated heterocycles. The third-order valence-corrected chi connectivity index (χ3v) is 8.24. The minimum atomic E-state index is -0.134. The van der Waals surface area contributed by atoms with Crippen LogP contribution in [-0.2, 0) is 11.3 Å². The lowest BCUT2D eigenvalue weighted by Gasteiger charge is -2.16. The molecule has 2 amide bonds. The lowest BCUT2D eigenvalue weighted by molar-refractivity contribution is -0.117. The molecule has 8 heteroatoms. The van der Waals surface area contributed by atoms with E-state index >= 15 is 0 Å². The van der Waals surface area contributed by atoms with Gasteiger partial charge in [-0.15, -0.1) is 11.3 Å². The van der Waals surface area contributed by atoms with Crippen LogP contribution in [-0.4, -0.2) is 28.3 Å². The van der Waals surface area contributed by atoms with Gasteiger partial charge in [0.25, 0.3) is 5.91 Å². The molecule has 6 nitrogen and oxygen atoms in total. The zero-order valence-corrected chi connectivity index (χ0v) is 20.6. The zero-order valence-electron chi connectivity index (χ0n) is 19.0. The van der Waals surface area contributed by atoms with E-state index in [2.05, 4.69) is 29.1 Å². The third-order valence-electron chi connectivity index (χ3n) is 6.04. The molecule has 0 radical (unpaired) electrons. The molecule has 0 bridgehead atoms. The molecule has 0 unspecified atom stereocenters. The summed E-state index contributed by atoms with van der Waals surface area (Å²) in [7, 11) is 0. The van der Waals surface area contributed by atoms with Crippen molar-refractivity contribution in [2.24, 2.45) is 0 Å². The molecule has 4 aromatic rings. The molecule has 1 fully saturated rings. The van der Waals surface area contributed by atoms with Crippen molar-refractivity contribution in [3.63, 3.8) is 0 Å². The number of thiophene rings is 1. The van der Waals surface area contributed by atoms with Crippen LogP contribution in [0.2, 0.25) is 0 Å². The quantitative estimate of drug-likeness (QED) is 0.362. The SMILES string of the molecule is Cc1sc2ncnc(Sc3ccccc3C(=O)NCc3ccc(N4CCCC4=O)cc3)c2c1C. The van der Waals surface area contributed by atoms with E-state index in [1.165, 1.54) is 22.2 Å². The topological polar surface area (TPSA) is 75.2 Å². The molecule has 2 aromatic carbocycles. The van der Waals surface area contributed by atoms with Gasteiger partial charge >= 0.3 is 0 Å². The Bertz CT molecular complexity index is 1380. The van der Waals surface area contributed by atoms with E-state index in [0.29, 0.717) is 18.5 Å². The van der Waals surface area contributed by atoms with Gasteiger partial charge in [0.05, 0.1) is 5.56 Å². The van der Waals surface area contributed by atoms with Crippen LogP contribution in [0.4, 0.5) is 5.69 Å². The number of benzene rings is 2. The van der Waals surface area contributed by atoms with Gasteiger partial charge in [-0.25, -0.2) is 9.97 Å². The summed E-state index contributed by atoms with van der Waals surface area (Å²) in [5.74, 6) is 0.0364. The fourth-order valence-corrected chi connectivity index (χ4v) is 6.21. The maximum Gasteiger partial charge on any atom is 0.252 e. The van der Waals surface area contributed by atoms with Gasteiger partial charge in [0.1, 0.15) is 16.2 Å². The Morgan fingerprint density at radius 2 is 1.91 bits per heavy atom. The lowest BCUT2D eigenvalue weighted by atomic mass is 10.1. The highest BCUT2D eigenvalue weighted by Crippen LogP contribution is 2.38. The molecular formula is C26H24N4O2S2. The first-order chi connectivity index (χ1) is 16.5. The number of carbonyl (C=O) groups excluding carboxylic acids is 2. The van der Waals surface area contributed by atoms with E-state index in [1.807, 2.05) is 53.4 Å². The van der Waals surface area contributed by atoms with Gasteiger partial charge in [-0.05, 0) is 55.7 Å². The number of rotatable bonds is 6. The van der Waals surface area contributed by atoms with E-state index < -0.39 is 0 Å². The third kappa shape index (κ3) is 4.43. The van der Waals surface area contributed by atoms with Crippen LogP contribution in [0.25, 0.3) is 10.2 Å². The van der Waals surface area contributed by atoms with E-state index in [0.717, 1.165) is 44.4 Å². The summed E-state index contributed by atoms with van der Waals surface area (Å²) in [6, 6.07) is 15.4. The average Bonchev–Trinajstić information content (AvgIpc) is 3.41. The van der Waals surface area contributed by atoms with Gasteiger partial charge in [-0.2, -0.15) is 0 Å². The molecule has 0 aliphatic carbocycles. The second kappa shape index (κ2) is 9.56. The summed E-state index contributed by atoms with van der Waals surface area (Å²) in [5.41, 5.74) is 3.69. The van der Waals surface area contributed by atoms with Crippen LogP contribution in [0.5, 0.6) is 0 Å². The predicted octanol–water partition coefficient (Wildman–Crippen LogP) is 5.52. The number of nitrogens with one attached hydrogen (secondary N) is 1. The van der Waals surface area contributed by atoms with Gasteiger partial charge < -0.3 is 10.2 Å². The van der Waals surface area contributed by atoms with Crippen molar-refractivity contribution in [2.75, 3.05) is 11.4 Å². The Labute approximate surface area is 206 Å². The molecule has 1 aliphatic heterocycles. The Kier molecular flexibility index (Phi) is 6.34. The van der Waals surface area contributed by atoms with E-state index in [9.17, 15) is 9.59 Å². The summed E-state index contributed by atoms with van der Waals surface area (Å²) < 4.78 is 0. The summed E-state index contributed by atoms with van der Waals surface area (Å²) in [5, 5.41) is 4.95. The first-order valence-corrected chi connectivity index (χ1v) is 12.8. The van der Waals surface area contributed by atoms with Crippen LogP contribution >= 0.6 is 23.1 Å². The Hall–Kier alpha value is -3.23. The number of carbonyl (C=O) groups is 2. The van der Waals surface area contributed by atoms with Crippen molar-refractivity contribution in [3.8, 4) is 0 Å². The van der Waals surface area contributed by atoms with Crippen molar-refractivity contribution >= 4 is 50.8 Å². The molecule has 0 spiro atoms. The number of aryl methyl sites for hydroxylation is 2. The minimum Gasteiger partial charge on any atom is -0.348 e. The second-order valence-electron chi connectivity index (χ2n) is 8.24. The highest BCUT2D eigenvalue weighted by Gasteiger charge is 2.21. The first kappa shape index (κ1) is 22.6. The van der Waals surface area contributed by atoms with Crippen molar-refractivity contribution in [1.29, 1.82) is 0 Å². The monoisotopic (exact) mass is 488 g/mol. The maximum atomic E-state index is 13.1. The van der Waals surface area contributed by atoms with Crippen LogP contribution < -0.4 is 10.2 Å². The fourth-order valence-electron chi connectivity index (χ4n) is 4.07. The number of amides is 2. The molecule has 34 heavy (non-hydrogen) atoms. The number of nitrogens with zero attached hydrogens (tertiary/aromatic N) is 3. The molecular weight excluding hydrogens is 464 g/mol. The normalized spacial score (nSPS) is 13.6. The van der Waals surface area contributed by atoms with Crippen LogP contribution in [0, 0.1) is 13.8 Å². The number of hydrogen-bond donors (Lipinski definition) is 1. The van der Waals surface area contributed by atoms with Crippen molar-refractivity contribution in [1.82, 2.24) is 15.3 Å². The molecule has 172 valence electrons. The highest BCUT2D eigenvalue weighted by atomic mass is 32.2. The van der Waals surface area contributed by atoms with Crippen LogP contribution in [0.1, 0.15) is 39.2 Å². The van der Waals surface area contributed by atoms with Gasteiger partial charge in [0, 0.05) is 40.4 Å². The van der Waals surface area contributed by atoms with Gasteiger partial charge in [-0.1, -0.05) is 36.0 Å². The Balaban J connectivity index is 1.31. The van der Waals surface area contributed by atoms with Crippen molar-refractivity contribution < 1.29 is 9.59 Å². The second-order valence-corrected chi connectivity index (χ2v) is 10.5. The van der Waals surface area contributed by atoms with E-state index in [1.54, 1.807) is 17.7 Å². The molecule has 0 atom stereocenters. The van der Waals surface area contributed by atoms with Crippen LogP contribution in [0.15, 0.2) is 64.8 Å². The summed E-state index contributed by atoms with van der Waals surface area (Å²) >= 11 is 3.16. The Morgan fingerprint density at radius 1 is 1.12 bits per heavy atom. The zero-order chi connectivity index (χ0) is 23.7. The van der Waals surface area contributed by atoms with Crippen molar-refractivity contribution in [2.45, 2.75) is 43.2 Å². The maximum absolute atomic E-state index is 13.1. The number of aromatic nitrogens is 2. The lowest BCUT2D eigenvalue weighted by Crippen LogP contribution is -2.24.